The number of rotatable bonds is 5. The van der Waals surface area contributed by atoms with E-state index in [4.69, 9.17) is 0 Å². The van der Waals surface area contributed by atoms with E-state index in [1.165, 1.54) is 5.56 Å². The Balaban J connectivity index is 1.51. The maximum atomic E-state index is 12.2. The minimum Gasteiger partial charge on any atom is -0.361 e. The Morgan fingerprint density at radius 3 is 2.37 bits per heavy atom. The van der Waals surface area contributed by atoms with E-state index in [9.17, 15) is 9.59 Å². The van der Waals surface area contributed by atoms with Gasteiger partial charge in [0.2, 0.25) is 11.8 Å². The molecule has 0 fully saturated rings. The van der Waals surface area contributed by atoms with Crippen molar-refractivity contribution in [3.05, 3.63) is 65.9 Å². The average Bonchev–Trinajstić information content (AvgIpc) is 3.03. The molecule has 3 N–H and O–H groups in total. The Hall–Kier alpha value is -3.08. The maximum absolute atomic E-state index is 12.2. The molecule has 0 atom stereocenters. The molecule has 0 aliphatic rings. The lowest BCUT2D eigenvalue weighted by atomic mass is 9.87. The third kappa shape index (κ3) is 4.76. The van der Waals surface area contributed by atoms with Gasteiger partial charge in [-0.25, -0.2) is 0 Å². The molecule has 27 heavy (non-hydrogen) atoms. The minimum atomic E-state index is -0.245. The van der Waals surface area contributed by atoms with Gasteiger partial charge in [-0.05, 0) is 34.7 Å². The van der Waals surface area contributed by atoms with Crippen LogP contribution in [0, 0.1) is 0 Å². The Bertz CT molecular complexity index is 950. The SMILES string of the molecule is CC(C)(C)c1ccc(NC(=O)CNC(=O)Cc2c[nH]c3ccccc23)cc1. The zero-order valence-corrected chi connectivity index (χ0v) is 15.9. The minimum absolute atomic E-state index is 0.0534. The molecule has 2 aromatic carbocycles. The monoisotopic (exact) mass is 363 g/mol. The van der Waals surface area contributed by atoms with Gasteiger partial charge in [0.25, 0.3) is 0 Å². The van der Waals surface area contributed by atoms with E-state index >= 15 is 0 Å². The van der Waals surface area contributed by atoms with Crippen LogP contribution in [-0.2, 0) is 21.4 Å². The van der Waals surface area contributed by atoms with Crippen LogP contribution in [0.3, 0.4) is 0 Å². The summed E-state index contributed by atoms with van der Waals surface area (Å²) in [7, 11) is 0. The molecule has 3 rings (SSSR count). The van der Waals surface area contributed by atoms with Gasteiger partial charge in [0.1, 0.15) is 0 Å². The first-order valence-corrected chi connectivity index (χ1v) is 9.05. The smallest absolute Gasteiger partial charge is 0.243 e. The van der Waals surface area contributed by atoms with Gasteiger partial charge < -0.3 is 15.6 Å². The summed E-state index contributed by atoms with van der Waals surface area (Å²) in [6.07, 6.45) is 2.07. The lowest BCUT2D eigenvalue weighted by molar-refractivity contribution is -0.123. The summed E-state index contributed by atoms with van der Waals surface area (Å²) in [6, 6.07) is 15.6. The van der Waals surface area contributed by atoms with Crippen LogP contribution in [0.1, 0.15) is 31.9 Å². The van der Waals surface area contributed by atoms with Crippen molar-refractivity contribution in [2.75, 3.05) is 11.9 Å². The fourth-order valence-electron chi connectivity index (χ4n) is 2.95. The van der Waals surface area contributed by atoms with Crippen LogP contribution in [-0.4, -0.2) is 23.3 Å². The molecule has 0 saturated carbocycles. The van der Waals surface area contributed by atoms with Crippen LogP contribution in [0.5, 0.6) is 0 Å². The van der Waals surface area contributed by atoms with Crippen molar-refractivity contribution in [2.45, 2.75) is 32.6 Å². The number of amides is 2. The molecule has 0 aliphatic carbocycles. The molecule has 1 heterocycles. The number of aromatic nitrogens is 1. The van der Waals surface area contributed by atoms with Crippen LogP contribution in [0.25, 0.3) is 10.9 Å². The van der Waals surface area contributed by atoms with Gasteiger partial charge in [-0.3, -0.25) is 9.59 Å². The van der Waals surface area contributed by atoms with Gasteiger partial charge in [0.05, 0.1) is 13.0 Å². The Morgan fingerprint density at radius 1 is 0.963 bits per heavy atom. The van der Waals surface area contributed by atoms with Gasteiger partial charge in [-0.15, -0.1) is 0 Å². The van der Waals surface area contributed by atoms with Gasteiger partial charge >= 0.3 is 0 Å². The number of hydrogen-bond donors (Lipinski definition) is 3. The van der Waals surface area contributed by atoms with Crippen LogP contribution < -0.4 is 10.6 Å². The molecule has 2 amide bonds. The maximum Gasteiger partial charge on any atom is 0.243 e. The summed E-state index contributed by atoms with van der Waals surface area (Å²) in [6.45, 7) is 6.37. The molecule has 0 aliphatic heterocycles. The number of H-pyrrole nitrogens is 1. The summed E-state index contributed by atoms with van der Waals surface area (Å²) in [5.41, 5.74) is 3.91. The van der Waals surface area contributed by atoms with Crippen molar-refractivity contribution in [1.29, 1.82) is 0 Å². The molecule has 0 saturated heterocycles. The second kappa shape index (κ2) is 7.66. The van der Waals surface area contributed by atoms with Crippen LogP contribution in [0.4, 0.5) is 5.69 Å². The van der Waals surface area contributed by atoms with Crippen molar-refractivity contribution < 1.29 is 9.59 Å². The first-order valence-electron chi connectivity index (χ1n) is 9.05. The molecule has 5 nitrogen and oxygen atoms in total. The highest BCUT2D eigenvalue weighted by Gasteiger charge is 2.14. The Labute approximate surface area is 159 Å². The zero-order valence-electron chi connectivity index (χ0n) is 15.9. The fraction of sp³-hybridized carbons (Fsp3) is 0.273. The predicted molar refractivity (Wildman–Crippen MR) is 109 cm³/mol. The van der Waals surface area contributed by atoms with E-state index in [2.05, 4.69) is 36.4 Å². The second-order valence-corrected chi connectivity index (χ2v) is 7.69. The van der Waals surface area contributed by atoms with Gasteiger partial charge in [0.15, 0.2) is 0 Å². The van der Waals surface area contributed by atoms with E-state index in [0.29, 0.717) is 0 Å². The second-order valence-electron chi connectivity index (χ2n) is 7.69. The van der Waals surface area contributed by atoms with Crippen molar-refractivity contribution >= 4 is 28.4 Å². The van der Waals surface area contributed by atoms with Crippen molar-refractivity contribution in [3.63, 3.8) is 0 Å². The van der Waals surface area contributed by atoms with Crippen LogP contribution >= 0.6 is 0 Å². The number of carbonyl (C=O) groups is 2. The summed E-state index contributed by atoms with van der Waals surface area (Å²) >= 11 is 0. The van der Waals surface area contributed by atoms with E-state index in [1.54, 1.807) is 0 Å². The predicted octanol–water partition coefficient (Wildman–Crippen LogP) is 3.76. The Morgan fingerprint density at radius 2 is 1.67 bits per heavy atom. The lowest BCUT2D eigenvalue weighted by Gasteiger charge is -2.19. The summed E-state index contributed by atoms with van der Waals surface area (Å²) < 4.78 is 0. The quantitative estimate of drug-likeness (QED) is 0.646. The molecule has 0 unspecified atom stereocenters. The Kier molecular flexibility index (Phi) is 5.31. The highest BCUT2D eigenvalue weighted by atomic mass is 16.2. The number of fused-ring (bicyclic) bond motifs is 1. The number of aromatic amines is 1. The molecule has 3 aromatic rings. The third-order valence-electron chi connectivity index (χ3n) is 4.51. The van der Waals surface area contributed by atoms with Crippen molar-refractivity contribution in [2.24, 2.45) is 0 Å². The highest BCUT2D eigenvalue weighted by Crippen LogP contribution is 2.23. The lowest BCUT2D eigenvalue weighted by Crippen LogP contribution is -2.33. The van der Waals surface area contributed by atoms with Crippen molar-refractivity contribution in [3.8, 4) is 0 Å². The number of carbonyl (C=O) groups excluding carboxylic acids is 2. The van der Waals surface area contributed by atoms with E-state index in [1.807, 2.05) is 54.7 Å². The first kappa shape index (κ1) is 18.7. The van der Waals surface area contributed by atoms with Gasteiger partial charge in [-0.2, -0.15) is 0 Å². The molecule has 0 bridgehead atoms. The van der Waals surface area contributed by atoms with E-state index in [-0.39, 0.29) is 30.2 Å². The molecule has 0 spiro atoms. The molecular formula is C22H25N3O2. The molecule has 5 heteroatoms. The number of hydrogen-bond acceptors (Lipinski definition) is 2. The summed E-state index contributed by atoms with van der Waals surface area (Å²) in [5, 5.41) is 6.51. The standard InChI is InChI=1S/C22H25N3O2/c1-22(2,3)16-8-10-17(11-9-16)25-21(27)14-24-20(26)12-15-13-23-19-7-5-4-6-18(15)19/h4-11,13,23H,12,14H2,1-3H3,(H,24,26)(H,25,27). The normalized spacial score (nSPS) is 11.4. The average molecular weight is 363 g/mol. The number of nitrogens with one attached hydrogen (secondary N) is 3. The van der Waals surface area contributed by atoms with Gasteiger partial charge in [-0.1, -0.05) is 51.1 Å². The summed E-state index contributed by atoms with van der Waals surface area (Å²) in [5.74, 6) is -0.427. The largest absolute Gasteiger partial charge is 0.361 e. The zero-order chi connectivity index (χ0) is 19.4. The summed E-state index contributed by atoms with van der Waals surface area (Å²) in [4.78, 5) is 27.4. The van der Waals surface area contributed by atoms with Crippen LogP contribution in [0.2, 0.25) is 0 Å². The van der Waals surface area contributed by atoms with Crippen molar-refractivity contribution in [1.82, 2.24) is 10.3 Å². The molecule has 140 valence electrons. The number of para-hydroxylation sites is 1. The van der Waals surface area contributed by atoms with Gasteiger partial charge in [0, 0.05) is 22.8 Å². The van der Waals surface area contributed by atoms with Crippen LogP contribution in [0.15, 0.2) is 54.7 Å². The number of anilines is 1. The topological polar surface area (TPSA) is 74.0 Å². The van der Waals surface area contributed by atoms with E-state index < -0.39 is 0 Å². The molecule has 1 aromatic heterocycles. The molecule has 0 radical (unpaired) electrons. The number of benzene rings is 2. The van der Waals surface area contributed by atoms with E-state index in [0.717, 1.165) is 22.2 Å². The highest BCUT2D eigenvalue weighted by molar-refractivity contribution is 5.95. The first-order chi connectivity index (χ1) is 12.8. The fourth-order valence-corrected chi connectivity index (χ4v) is 2.95. The molecular weight excluding hydrogens is 338 g/mol. The third-order valence-corrected chi connectivity index (χ3v) is 4.51.